The van der Waals surface area contributed by atoms with Crippen LogP contribution >= 0.6 is 0 Å². The van der Waals surface area contributed by atoms with Gasteiger partial charge in [-0.1, -0.05) is 60.7 Å². The Bertz CT molecular complexity index is 988. The van der Waals surface area contributed by atoms with Gasteiger partial charge in [0.2, 0.25) is 0 Å². The van der Waals surface area contributed by atoms with E-state index in [1.165, 1.54) is 33.3 Å². The predicted octanol–water partition coefficient (Wildman–Crippen LogP) is 4.76. The molecule has 0 atom stereocenters. The van der Waals surface area contributed by atoms with E-state index in [-0.39, 0.29) is 0 Å². The van der Waals surface area contributed by atoms with E-state index in [1.807, 2.05) is 18.2 Å². The van der Waals surface area contributed by atoms with Gasteiger partial charge in [0.05, 0.1) is 5.69 Å². The Morgan fingerprint density at radius 3 is 2.31 bits per heavy atom. The molecule has 3 N–H and O–H groups in total. The maximum Gasteiger partial charge on any atom is 0.119 e. The number of aromatic nitrogens is 1. The molecular weight excluding hydrogens is 320 g/mol. The number of aromatic amines is 1. The zero-order chi connectivity index (χ0) is 17.8. The molecular formula is C23H22N2O. The normalized spacial score (nSPS) is 11.0. The number of nitrogens with two attached hydrogens (primary N) is 1. The Kier molecular flexibility index (Phi) is 4.71. The van der Waals surface area contributed by atoms with E-state index in [4.69, 9.17) is 10.5 Å². The summed E-state index contributed by atoms with van der Waals surface area (Å²) in [6, 6.07) is 27.3. The highest BCUT2D eigenvalue weighted by atomic mass is 16.5. The number of para-hydroxylation sites is 1. The van der Waals surface area contributed by atoms with Crippen LogP contribution in [-0.4, -0.2) is 18.1 Å². The molecule has 1 aromatic heterocycles. The minimum Gasteiger partial charge on any atom is -0.492 e. The fourth-order valence-electron chi connectivity index (χ4n) is 3.32. The van der Waals surface area contributed by atoms with Crippen LogP contribution in [0.3, 0.4) is 0 Å². The monoisotopic (exact) mass is 342 g/mol. The lowest BCUT2D eigenvalue weighted by atomic mass is 9.98. The van der Waals surface area contributed by atoms with E-state index in [2.05, 4.69) is 65.6 Å². The lowest BCUT2D eigenvalue weighted by molar-refractivity contribution is 0.328. The van der Waals surface area contributed by atoms with Crippen LogP contribution in [0.2, 0.25) is 0 Å². The summed E-state index contributed by atoms with van der Waals surface area (Å²) in [6.45, 7) is 1.07. The van der Waals surface area contributed by atoms with Crippen molar-refractivity contribution in [1.29, 1.82) is 0 Å². The Hall–Kier alpha value is -3.04. The molecule has 3 nitrogen and oxygen atoms in total. The van der Waals surface area contributed by atoms with Crippen molar-refractivity contribution in [3.63, 3.8) is 0 Å². The first-order valence-corrected chi connectivity index (χ1v) is 8.92. The Balaban J connectivity index is 1.71. The molecule has 0 aliphatic rings. The SMILES string of the molecule is NCCOc1ccc(Cc2c(-c3ccccc3)[nH]c3ccccc23)cc1. The average molecular weight is 342 g/mol. The van der Waals surface area contributed by atoms with Crippen LogP contribution in [0.15, 0.2) is 78.9 Å². The molecule has 3 heteroatoms. The van der Waals surface area contributed by atoms with E-state index in [9.17, 15) is 0 Å². The van der Waals surface area contributed by atoms with Gasteiger partial charge in [-0.3, -0.25) is 0 Å². The molecule has 0 radical (unpaired) electrons. The zero-order valence-corrected chi connectivity index (χ0v) is 14.6. The minimum absolute atomic E-state index is 0.525. The van der Waals surface area contributed by atoms with Gasteiger partial charge in [0.1, 0.15) is 12.4 Å². The molecule has 0 saturated heterocycles. The Morgan fingerprint density at radius 1 is 0.808 bits per heavy atom. The molecule has 1 heterocycles. The van der Waals surface area contributed by atoms with Gasteiger partial charge in [-0.2, -0.15) is 0 Å². The molecule has 0 bridgehead atoms. The number of rotatable bonds is 6. The van der Waals surface area contributed by atoms with E-state index in [1.54, 1.807) is 0 Å². The number of H-pyrrole nitrogens is 1. The average Bonchev–Trinajstić information content (AvgIpc) is 3.07. The van der Waals surface area contributed by atoms with Gasteiger partial charge in [-0.05, 0) is 34.9 Å². The van der Waals surface area contributed by atoms with Gasteiger partial charge >= 0.3 is 0 Å². The van der Waals surface area contributed by atoms with Crippen molar-refractivity contribution in [1.82, 2.24) is 4.98 Å². The third kappa shape index (κ3) is 3.35. The highest BCUT2D eigenvalue weighted by Gasteiger charge is 2.13. The largest absolute Gasteiger partial charge is 0.492 e. The molecule has 3 aromatic carbocycles. The maximum absolute atomic E-state index is 5.58. The van der Waals surface area contributed by atoms with E-state index < -0.39 is 0 Å². The predicted molar refractivity (Wildman–Crippen MR) is 108 cm³/mol. The summed E-state index contributed by atoms with van der Waals surface area (Å²) < 4.78 is 5.58. The number of benzene rings is 3. The van der Waals surface area contributed by atoms with Gasteiger partial charge in [0.15, 0.2) is 0 Å². The summed E-state index contributed by atoms with van der Waals surface area (Å²) >= 11 is 0. The highest BCUT2D eigenvalue weighted by Crippen LogP contribution is 2.32. The molecule has 0 aliphatic carbocycles. The number of nitrogens with one attached hydrogen (secondary N) is 1. The van der Waals surface area contributed by atoms with Crippen molar-refractivity contribution in [3.05, 3.63) is 90.0 Å². The number of hydrogen-bond acceptors (Lipinski definition) is 2. The topological polar surface area (TPSA) is 51.0 Å². The van der Waals surface area contributed by atoms with Crippen molar-refractivity contribution < 1.29 is 4.74 Å². The summed E-state index contributed by atoms with van der Waals surface area (Å²) in [6.07, 6.45) is 0.866. The molecule has 4 aromatic rings. The highest BCUT2D eigenvalue weighted by molar-refractivity contribution is 5.91. The van der Waals surface area contributed by atoms with Gasteiger partial charge in [-0.15, -0.1) is 0 Å². The molecule has 26 heavy (non-hydrogen) atoms. The second-order valence-electron chi connectivity index (χ2n) is 6.35. The fourth-order valence-corrected chi connectivity index (χ4v) is 3.32. The van der Waals surface area contributed by atoms with Crippen molar-refractivity contribution in [2.24, 2.45) is 5.73 Å². The number of ether oxygens (including phenoxy) is 1. The van der Waals surface area contributed by atoms with E-state index in [0.29, 0.717) is 13.2 Å². The smallest absolute Gasteiger partial charge is 0.119 e. The van der Waals surface area contributed by atoms with E-state index >= 15 is 0 Å². The maximum atomic E-state index is 5.58. The Morgan fingerprint density at radius 2 is 1.54 bits per heavy atom. The zero-order valence-electron chi connectivity index (χ0n) is 14.6. The molecule has 0 spiro atoms. The third-order valence-electron chi connectivity index (χ3n) is 4.57. The van der Waals surface area contributed by atoms with Crippen molar-refractivity contribution in [2.45, 2.75) is 6.42 Å². The van der Waals surface area contributed by atoms with E-state index in [0.717, 1.165) is 12.2 Å². The quantitative estimate of drug-likeness (QED) is 0.530. The standard InChI is InChI=1S/C23H22N2O/c24-14-15-26-19-12-10-17(11-13-19)16-21-20-8-4-5-9-22(20)25-23(21)18-6-2-1-3-7-18/h1-13,25H,14-16,24H2. The summed E-state index contributed by atoms with van der Waals surface area (Å²) in [4.78, 5) is 3.60. The Labute approximate surface area is 153 Å². The summed E-state index contributed by atoms with van der Waals surface area (Å²) in [7, 11) is 0. The summed E-state index contributed by atoms with van der Waals surface area (Å²) in [5.74, 6) is 0.862. The molecule has 0 saturated carbocycles. The lowest BCUT2D eigenvalue weighted by Gasteiger charge is -2.08. The molecule has 130 valence electrons. The van der Waals surface area contributed by atoms with Gasteiger partial charge in [0.25, 0.3) is 0 Å². The first-order valence-electron chi connectivity index (χ1n) is 8.92. The number of fused-ring (bicyclic) bond motifs is 1. The lowest BCUT2D eigenvalue weighted by Crippen LogP contribution is -2.10. The van der Waals surface area contributed by atoms with Crippen molar-refractivity contribution in [2.75, 3.05) is 13.2 Å². The second-order valence-corrected chi connectivity index (χ2v) is 6.35. The van der Waals surface area contributed by atoms with Gasteiger partial charge < -0.3 is 15.5 Å². The minimum atomic E-state index is 0.525. The van der Waals surface area contributed by atoms with Crippen LogP contribution < -0.4 is 10.5 Å². The summed E-state index contributed by atoms with van der Waals surface area (Å²) in [5.41, 5.74) is 11.6. The van der Waals surface area contributed by atoms with Gasteiger partial charge in [0, 0.05) is 23.9 Å². The van der Waals surface area contributed by atoms with Crippen LogP contribution in [-0.2, 0) is 6.42 Å². The van der Waals surface area contributed by atoms with Crippen LogP contribution in [0.1, 0.15) is 11.1 Å². The summed E-state index contributed by atoms with van der Waals surface area (Å²) in [5, 5.41) is 1.27. The van der Waals surface area contributed by atoms with Crippen LogP contribution in [0.25, 0.3) is 22.2 Å². The second kappa shape index (κ2) is 7.46. The molecule has 4 rings (SSSR count). The van der Waals surface area contributed by atoms with Crippen molar-refractivity contribution in [3.8, 4) is 17.0 Å². The third-order valence-corrected chi connectivity index (χ3v) is 4.57. The van der Waals surface area contributed by atoms with Gasteiger partial charge in [-0.25, -0.2) is 0 Å². The molecule has 0 unspecified atom stereocenters. The van der Waals surface area contributed by atoms with Crippen LogP contribution in [0.5, 0.6) is 5.75 Å². The number of hydrogen-bond donors (Lipinski definition) is 2. The van der Waals surface area contributed by atoms with Crippen LogP contribution in [0, 0.1) is 0 Å². The van der Waals surface area contributed by atoms with Crippen molar-refractivity contribution >= 4 is 10.9 Å². The first-order chi connectivity index (χ1) is 12.8. The fraction of sp³-hybridized carbons (Fsp3) is 0.130. The first kappa shape index (κ1) is 16.4. The molecule has 0 aliphatic heterocycles. The molecule has 0 fully saturated rings. The molecule has 0 amide bonds. The van der Waals surface area contributed by atoms with Crippen LogP contribution in [0.4, 0.5) is 0 Å².